The van der Waals surface area contributed by atoms with Gasteiger partial charge in [0.25, 0.3) is 23.6 Å². The molecule has 4 rings (SSSR count). The van der Waals surface area contributed by atoms with Crippen LogP contribution in [0.4, 0.5) is 17.1 Å². The lowest BCUT2D eigenvalue weighted by molar-refractivity contribution is -0.112. The summed E-state index contributed by atoms with van der Waals surface area (Å²) < 4.78 is 4.94. The van der Waals surface area contributed by atoms with E-state index in [1.54, 1.807) is 65.6 Å². The molecule has 0 radical (unpaired) electrons. The van der Waals surface area contributed by atoms with Gasteiger partial charge in [0.1, 0.15) is 17.1 Å². The molecule has 0 saturated heterocycles. The number of aliphatic imine (C=N–C) groups is 1. The van der Waals surface area contributed by atoms with Crippen molar-refractivity contribution in [3.63, 3.8) is 0 Å². The van der Waals surface area contributed by atoms with E-state index in [4.69, 9.17) is 0 Å². The van der Waals surface area contributed by atoms with Crippen molar-refractivity contribution in [1.29, 1.82) is 0 Å². The zero-order valence-corrected chi connectivity index (χ0v) is 25.6. The van der Waals surface area contributed by atoms with Crippen molar-refractivity contribution in [2.45, 2.75) is 0 Å². The van der Waals surface area contributed by atoms with Gasteiger partial charge in [0.15, 0.2) is 5.96 Å². The molecule has 0 aliphatic carbocycles. The van der Waals surface area contributed by atoms with Crippen LogP contribution in [0, 0.1) is 0 Å². The van der Waals surface area contributed by atoms with Gasteiger partial charge in [0.2, 0.25) is 0 Å². The predicted octanol–water partition coefficient (Wildman–Crippen LogP) is 1.75. The molecule has 0 atom stereocenters. The Morgan fingerprint density at radius 3 is 1.76 bits per heavy atom. The number of carbonyl (C=O) groups is 4. The average Bonchev–Trinajstić information content (AvgIpc) is 3.70. The quantitative estimate of drug-likeness (QED) is 0.143. The first-order chi connectivity index (χ1) is 19.5. The maximum absolute atomic E-state index is 13.0. The van der Waals surface area contributed by atoms with Gasteiger partial charge in [-0.3, -0.25) is 24.2 Å². The van der Waals surface area contributed by atoms with Gasteiger partial charge in [-0.1, -0.05) is 6.58 Å². The number of rotatable bonds is 10. The number of carbonyl (C=O) groups excluding carboxylic acids is 4. The minimum Gasteiger partial charge on any atom is -0.355 e. The molecule has 1 aliphatic rings. The van der Waals surface area contributed by atoms with E-state index in [9.17, 15) is 19.2 Å². The number of anilines is 3. The van der Waals surface area contributed by atoms with E-state index in [0.717, 1.165) is 19.0 Å². The molecule has 14 nitrogen and oxygen atoms in total. The van der Waals surface area contributed by atoms with Gasteiger partial charge in [0, 0.05) is 59.4 Å². The fraction of sp³-hybridized carbons (Fsp3) is 0.269. The Labute approximate surface area is 256 Å². The number of hydrogen-bond acceptors (Lipinski definition) is 7. The molecule has 0 unspecified atom stereocenters. The van der Waals surface area contributed by atoms with Crippen LogP contribution in [-0.2, 0) is 25.9 Å². The van der Waals surface area contributed by atoms with Crippen molar-refractivity contribution in [1.82, 2.24) is 29.7 Å². The first-order valence-corrected chi connectivity index (χ1v) is 13.4. The first kappa shape index (κ1) is 32.0. The second-order valence-corrected chi connectivity index (χ2v) is 10.2. The van der Waals surface area contributed by atoms with E-state index in [-0.39, 0.29) is 22.8 Å². The third-order valence-corrected chi connectivity index (χ3v) is 6.47. The number of nitrogens with zero attached hydrogens (tertiary/aromatic N) is 4. The zero-order chi connectivity index (χ0) is 29.7. The van der Waals surface area contributed by atoms with Crippen LogP contribution >= 0.6 is 28.3 Å². The van der Waals surface area contributed by atoms with Crippen molar-refractivity contribution in [2.24, 2.45) is 26.1 Å². The average molecular weight is 664 g/mol. The summed E-state index contributed by atoms with van der Waals surface area (Å²) in [4.78, 5) is 54.6. The van der Waals surface area contributed by atoms with Crippen LogP contribution < -0.4 is 31.9 Å². The third kappa shape index (κ3) is 7.82. The number of aryl methyl sites for hydroxylation is 3. The summed E-state index contributed by atoms with van der Waals surface area (Å²) in [7, 11) is 5.07. The Kier molecular flexibility index (Phi) is 10.6. The second-order valence-electron chi connectivity index (χ2n) is 9.28. The maximum Gasteiger partial charge on any atom is 0.272 e. The van der Waals surface area contributed by atoms with Crippen molar-refractivity contribution in [3.05, 3.63) is 64.9 Å². The highest BCUT2D eigenvalue weighted by Crippen LogP contribution is 2.20. The van der Waals surface area contributed by atoms with E-state index < -0.39 is 17.7 Å². The summed E-state index contributed by atoms with van der Waals surface area (Å²) in [5.74, 6) is -0.820. The Morgan fingerprint density at radius 2 is 1.31 bits per heavy atom. The highest BCUT2D eigenvalue weighted by atomic mass is 79.9. The molecule has 4 amide bonds. The summed E-state index contributed by atoms with van der Waals surface area (Å²) in [5.41, 5.74) is 2.26. The van der Waals surface area contributed by atoms with Gasteiger partial charge in [-0.15, -0.1) is 12.4 Å². The van der Waals surface area contributed by atoms with Crippen LogP contribution in [0.2, 0.25) is 0 Å². The van der Waals surface area contributed by atoms with Gasteiger partial charge in [-0.05, 0) is 34.1 Å². The Hall–Kier alpha value is -4.50. The molecule has 0 bridgehead atoms. The second kappa shape index (κ2) is 13.9. The SMILES string of the molecule is C=C(Br)C(=O)Nc1cc(C(=O)Nc2cc(C(=O)Nc3cc(C(=O)NCCNC4=NCCN4)n(C)c3)n(C)c2)n(C)c1.Cl. The molecule has 224 valence electrons. The number of aromatic nitrogens is 3. The smallest absolute Gasteiger partial charge is 0.272 e. The highest BCUT2D eigenvalue weighted by Gasteiger charge is 2.19. The van der Waals surface area contributed by atoms with Gasteiger partial charge in [-0.25, -0.2) is 0 Å². The lowest BCUT2D eigenvalue weighted by atomic mass is 10.3. The van der Waals surface area contributed by atoms with Crippen LogP contribution in [0.25, 0.3) is 0 Å². The molecule has 3 aromatic heterocycles. The fourth-order valence-electron chi connectivity index (χ4n) is 4.13. The molecule has 0 aromatic carbocycles. The largest absolute Gasteiger partial charge is 0.355 e. The normalized spacial score (nSPS) is 12.0. The summed E-state index contributed by atoms with van der Waals surface area (Å²) in [6, 6.07) is 4.66. The van der Waals surface area contributed by atoms with Crippen LogP contribution in [-0.4, -0.2) is 69.5 Å². The Balaban J connectivity index is 0.00000484. The Morgan fingerprint density at radius 1 is 0.833 bits per heavy atom. The topological polar surface area (TPSA) is 168 Å². The summed E-state index contributed by atoms with van der Waals surface area (Å²) >= 11 is 3.02. The molecule has 42 heavy (non-hydrogen) atoms. The van der Waals surface area contributed by atoms with Gasteiger partial charge in [-0.2, -0.15) is 0 Å². The summed E-state index contributed by atoms with van der Waals surface area (Å²) in [6.07, 6.45) is 4.85. The first-order valence-electron chi connectivity index (χ1n) is 12.6. The van der Waals surface area contributed by atoms with Crippen LogP contribution in [0.15, 0.2) is 52.8 Å². The van der Waals surface area contributed by atoms with Gasteiger partial charge < -0.3 is 45.6 Å². The standard InChI is InChI=1S/C26H31BrN10O4.ClH/c1-15(27)22(38)32-16-10-20(36(3)12-16)24(40)34-18-11-21(37(4)14-18)25(41)33-17-9-19(35(2)13-17)23(39)28-5-6-29-26-30-7-8-31-26;/h9-14H,1,5-8H2,2-4H3,(H,28,39)(H,32,38)(H,33,41)(H,34,40)(H2,29,30,31);1H. The van der Waals surface area contributed by atoms with E-state index in [2.05, 4.69) is 59.4 Å². The number of hydrogen-bond donors (Lipinski definition) is 6. The molecular weight excluding hydrogens is 632 g/mol. The van der Waals surface area contributed by atoms with Crippen LogP contribution in [0.3, 0.4) is 0 Å². The molecule has 1 aliphatic heterocycles. The minimum atomic E-state index is -0.426. The molecule has 0 spiro atoms. The summed E-state index contributed by atoms with van der Waals surface area (Å²) in [6.45, 7) is 5.97. The van der Waals surface area contributed by atoms with Crippen molar-refractivity contribution >= 4 is 75.0 Å². The van der Waals surface area contributed by atoms with Crippen molar-refractivity contribution in [3.8, 4) is 0 Å². The highest BCUT2D eigenvalue weighted by molar-refractivity contribution is 9.12. The molecule has 4 heterocycles. The molecule has 3 aromatic rings. The minimum absolute atomic E-state index is 0. The predicted molar refractivity (Wildman–Crippen MR) is 167 cm³/mol. The molecule has 16 heteroatoms. The van der Waals surface area contributed by atoms with E-state index in [1.165, 1.54) is 6.07 Å². The number of amides is 4. The Bertz CT molecular complexity index is 1550. The molecule has 0 fully saturated rings. The molecular formula is C26H32BrClN10O4. The molecule has 6 N–H and O–H groups in total. The van der Waals surface area contributed by atoms with Crippen molar-refractivity contribution in [2.75, 3.05) is 42.1 Å². The lowest BCUT2D eigenvalue weighted by Gasteiger charge is -2.08. The van der Waals surface area contributed by atoms with Gasteiger partial charge >= 0.3 is 0 Å². The lowest BCUT2D eigenvalue weighted by Crippen LogP contribution is -2.39. The number of halogens is 2. The van der Waals surface area contributed by atoms with Crippen LogP contribution in [0.1, 0.15) is 31.5 Å². The number of guanidine groups is 1. The zero-order valence-electron chi connectivity index (χ0n) is 23.2. The molecule has 0 saturated carbocycles. The van der Waals surface area contributed by atoms with E-state index >= 15 is 0 Å². The van der Waals surface area contributed by atoms with Crippen LogP contribution in [0.5, 0.6) is 0 Å². The maximum atomic E-state index is 13.0. The van der Waals surface area contributed by atoms with Gasteiger partial charge in [0.05, 0.1) is 28.1 Å². The summed E-state index contributed by atoms with van der Waals surface area (Å²) in [5, 5.41) is 17.2. The monoisotopic (exact) mass is 662 g/mol. The fourth-order valence-corrected chi connectivity index (χ4v) is 4.23. The van der Waals surface area contributed by atoms with E-state index in [1.807, 2.05) is 0 Å². The number of nitrogens with one attached hydrogen (secondary N) is 6. The van der Waals surface area contributed by atoms with E-state index in [0.29, 0.717) is 47.2 Å². The van der Waals surface area contributed by atoms with Crippen molar-refractivity contribution < 1.29 is 19.2 Å². The third-order valence-electron chi connectivity index (χ3n) is 6.11.